The van der Waals surface area contributed by atoms with Gasteiger partial charge in [0.2, 0.25) is 0 Å². The van der Waals surface area contributed by atoms with E-state index in [1.165, 1.54) is 0 Å². The third-order valence-corrected chi connectivity index (χ3v) is 1.62. The average molecular weight is 126 g/mol. The maximum Gasteiger partial charge on any atom is 0.140 e. The number of rotatable bonds is 1. The van der Waals surface area contributed by atoms with Crippen LogP contribution in [0.15, 0.2) is 0 Å². The Labute approximate surface area is 55.2 Å². The number of carbonyl (C=O) groups is 1. The highest BCUT2D eigenvalue weighted by Crippen LogP contribution is 2.14. The van der Waals surface area contributed by atoms with Gasteiger partial charge in [-0.3, -0.25) is 4.79 Å². The fourth-order valence-electron chi connectivity index (χ4n) is 0.982. The van der Waals surface area contributed by atoms with E-state index in [0.717, 1.165) is 12.8 Å². The summed E-state index contributed by atoms with van der Waals surface area (Å²) in [5.41, 5.74) is 0. The van der Waals surface area contributed by atoms with Crippen molar-refractivity contribution in [1.82, 2.24) is 0 Å². The second-order valence-corrected chi connectivity index (χ2v) is 2.29. The molecule has 0 saturated carbocycles. The van der Waals surface area contributed by atoms with Gasteiger partial charge < -0.3 is 4.74 Å². The summed E-state index contributed by atoms with van der Waals surface area (Å²) >= 11 is 0. The molecule has 1 rings (SSSR count). The Morgan fingerprint density at radius 2 is 2.00 bits per heavy atom. The molecule has 0 amide bonds. The Bertz CT molecular complexity index is 103. The highest BCUT2D eigenvalue weighted by Gasteiger charge is 2.17. The molecule has 0 unspecified atom stereocenters. The summed E-state index contributed by atoms with van der Waals surface area (Å²) < 4.78 is 5.04. The SMILES string of the molecule is [CH]C(=O)C1CCOCC1. The fourth-order valence-corrected chi connectivity index (χ4v) is 0.982. The quantitative estimate of drug-likeness (QED) is 0.516. The van der Waals surface area contributed by atoms with Crippen molar-refractivity contribution in [3.05, 3.63) is 6.92 Å². The molecular weight excluding hydrogens is 116 g/mol. The van der Waals surface area contributed by atoms with E-state index in [2.05, 4.69) is 0 Å². The van der Waals surface area contributed by atoms with Gasteiger partial charge in [0.1, 0.15) is 5.78 Å². The first-order valence-corrected chi connectivity index (χ1v) is 3.18. The van der Waals surface area contributed by atoms with Crippen LogP contribution in [0.3, 0.4) is 0 Å². The van der Waals surface area contributed by atoms with Crippen molar-refractivity contribution in [1.29, 1.82) is 0 Å². The normalized spacial score (nSPS) is 21.9. The Morgan fingerprint density at radius 1 is 1.44 bits per heavy atom. The Morgan fingerprint density at radius 3 is 2.33 bits per heavy atom. The van der Waals surface area contributed by atoms with Crippen LogP contribution in [0.2, 0.25) is 0 Å². The molecular formula is C7H10O2. The zero-order valence-corrected chi connectivity index (χ0v) is 5.30. The van der Waals surface area contributed by atoms with Gasteiger partial charge in [-0.05, 0) is 12.8 Å². The van der Waals surface area contributed by atoms with Crippen LogP contribution in [0.4, 0.5) is 0 Å². The number of hydrogen-bond acceptors (Lipinski definition) is 2. The highest BCUT2D eigenvalue weighted by atomic mass is 16.5. The molecule has 0 aliphatic carbocycles. The van der Waals surface area contributed by atoms with Gasteiger partial charge in [-0.15, -0.1) is 0 Å². The molecule has 1 saturated heterocycles. The predicted octanol–water partition coefficient (Wildman–Crippen LogP) is 0.693. The van der Waals surface area contributed by atoms with E-state index < -0.39 is 0 Å². The van der Waals surface area contributed by atoms with Crippen molar-refractivity contribution in [2.75, 3.05) is 13.2 Å². The molecule has 2 radical (unpaired) electrons. The van der Waals surface area contributed by atoms with Crippen LogP contribution in [-0.4, -0.2) is 19.0 Å². The zero-order valence-electron chi connectivity index (χ0n) is 5.30. The Hall–Kier alpha value is -0.370. The number of ketones is 1. The highest BCUT2D eigenvalue weighted by molar-refractivity contribution is 5.84. The first-order valence-electron chi connectivity index (χ1n) is 3.18. The van der Waals surface area contributed by atoms with Crippen LogP contribution >= 0.6 is 0 Å². The van der Waals surface area contributed by atoms with Crippen molar-refractivity contribution >= 4 is 5.78 Å². The fraction of sp³-hybridized carbons (Fsp3) is 0.714. The number of hydrogen-bond donors (Lipinski definition) is 0. The summed E-state index contributed by atoms with van der Waals surface area (Å²) in [5, 5.41) is 0. The summed E-state index contributed by atoms with van der Waals surface area (Å²) in [6, 6.07) is 0. The molecule has 2 heteroatoms. The van der Waals surface area contributed by atoms with E-state index in [4.69, 9.17) is 11.7 Å². The molecule has 0 aromatic rings. The molecule has 0 aromatic carbocycles. The van der Waals surface area contributed by atoms with Crippen LogP contribution in [0.1, 0.15) is 12.8 Å². The van der Waals surface area contributed by atoms with Gasteiger partial charge in [0.05, 0.1) is 0 Å². The summed E-state index contributed by atoms with van der Waals surface area (Å²) in [5.74, 6) is -0.114. The van der Waals surface area contributed by atoms with Gasteiger partial charge >= 0.3 is 0 Å². The zero-order chi connectivity index (χ0) is 6.69. The molecule has 0 N–H and O–H groups in total. The monoisotopic (exact) mass is 126 g/mol. The lowest BCUT2D eigenvalue weighted by Gasteiger charge is -2.18. The number of Topliss-reactive ketones (excluding diaryl/α,β-unsaturated/α-hetero) is 1. The lowest BCUT2D eigenvalue weighted by atomic mass is 9.97. The molecule has 1 heterocycles. The van der Waals surface area contributed by atoms with Gasteiger partial charge in [-0.1, -0.05) is 0 Å². The maximum absolute atomic E-state index is 10.5. The Kier molecular flexibility index (Phi) is 2.22. The first kappa shape index (κ1) is 6.75. The number of ether oxygens (including phenoxy) is 1. The maximum atomic E-state index is 10.5. The third-order valence-electron chi connectivity index (χ3n) is 1.62. The van der Waals surface area contributed by atoms with Gasteiger partial charge in [-0.2, -0.15) is 0 Å². The van der Waals surface area contributed by atoms with E-state index in [1.807, 2.05) is 0 Å². The van der Waals surface area contributed by atoms with Crippen molar-refractivity contribution in [2.45, 2.75) is 12.8 Å². The molecule has 0 bridgehead atoms. The van der Waals surface area contributed by atoms with E-state index in [0.29, 0.717) is 13.2 Å². The Balaban J connectivity index is 2.31. The minimum atomic E-state index is -0.182. The van der Waals surface area contributed by atoms with Gasteiger partial charge in [0.25, 0.3) is 0 Å². The van der Waals surface area contributed by atoms with Crippen molar-refractivity contribution in [2.24, 2.45) is 5.92 Å². The summed E-state index contributed by atoms with van der Waals surface area (Å²) in [4.78, 5) is 10.5. The van der Waals surface area contributed by atoms with Gasteiger partial charge in [-0.25, -0.2) is 0 Å². The summed E-state index contributed by atoms with van der Waals surface area (Å²) in [6.45, 7) is 6.45. The second-order valence-electron chi connectivity index (χ2n) is 2.29. The summed E-state index contributed by atoms with van der Waals surface area (Å²) in [7, 11) is 0. The summed E-state index contributed by atoms with van der Waals surface area (Å²) in [6.07, 6.45) is 1.60. The van der Waals surface area contributed by atoms with Crippen molar-refractivity contribution in [3.8, 4) is 0 Å². The van der Waals surface area contributed by atoms with Gasteiger partial charge in [0.15, 0.2) is 0 Å². The first-order chi connectivity index (χ1) is 4.30. The van der Waals surface area contributed by atoms with E-state index in [1.54, 1.807) is 0 Å². The molecule has 1 aliphatic rings. The van der Waals surface area contributed by atoms with Crippen LogP contribution in [0.5, 0.6) is 0 Å². The van der Waals surface area contributed by atoms with Crippen LogP contribution in [0.25, 0.3) is 0 Å². The van der Waals surface area contributed by atoms with E-state index >= 15 is 0 Å². The number of carbonyl (C=O) groups excluding carboxylic acids is 1. The molecule has 1 fully saturated rings. The molecule has 0 atom stereocenters. The lowest BCUT2D eigenvalue weighted by molar-refractivity contribution is -0.121. The third kappa shape index (κ3) is 1.79. The molecule has 0 aromatic heterocycles. The smallest absolute Gasteiger partial charge is 0.140 e. The molecule has 2 nitrogen and oxygen atoms in total. The standard InChI is InChI=1S/C7H10O2/c1-6(8)7-2-4-9-5-3-7/h1,7H,2-5H2. The van der Waals surface area contributed by atoms with Crippen LogP contribution in [0, 0.1) is 12.8 Å². The largest absolute Gasteiger partial charge is 0.381 e. The topological polar surface area (TPSA) is 26.3 Å². The molecule has 0 spiro atoms. The molecule has 9 heavy (non-hydrogen) atoms. The van der Waals surface area contributed by atoms with E-state index in [-0.39, 0.29) is 11.7 Å². The molecule has 50 valence electrons. The van der Waals surface area contributed by atoms with Crippen molar-refractivity contribution in [3.63, 3.8) is 0 Å². The lowest BCUT2D eigenvalue weighted by Crippen LogP contribution is -2.21. The average Bonchev–Trinajstić information content (AvgIpc) is 1.90. The van der Waals surface area contributed by atoms with E-state index in [9.17, 15) is 4.79 Å². The minimum Gasteiger partial charge on any atom is -0.381 e. The minimum absolute atomic E-state index is 0.0683. The van der Waals surface area contributed by atoms with Crippen molar-refractivity contribution < 1.29 is 9.53 Å². The van der Waals surface area contributed by atoms with Crippen LogP contribution in [-0.2, 0) is 9.53 Å². The van der Waals surface area contributed by atoms with Gasteiger partial charge in [0, 0.05) is 26.1 Å². The second kappa shape index (κ2) is 2.97. The van der Waals surface area contributed by atoms with Crippen LogP contribution < -0.4 is 0 Å². The molecule has 1 aliphatic heterocycles. The predicted molar refractivity (Wildman–Crippen MR) is 32.8 cm³/mol.